The highest BCUT2D eigenvalue weighted by atomic mass is 16.5. The molecule has 0 aliphatic heterocycles. The third-order valence-electron chi connectivity index (χ3n) is 5.84. The number of ether oxygens (including phenoxy) is 1. The van der Waals surface area contributed by atoms with Crippen LogP contribution in [0.5, 0.6) is 11.5 Å². The molecule has 0 spiro atoms. The van der Waals surface area contributed by atoms with E-state index in [1.165, 1.54) is 19.1 Å². The Balaban J connectivity index is 0.000000577. The van der Waals surface area contributed by atoms with E-state index in [1.54, 1.807) is 19.1 Å². The van der Waals surface area contributed by atoms with Gasteiger partial charge < -0.3 is 24.7 Å². The first kappa shape index (κ1) is 34.3. The van der Waals surface area contributed by atoms with Crippen molar-refractivity contribution >= 4 is 11.6 Å². The van der Waals surface area contributed by atoms with Crippen LogP contribution in [0.3, 0.4) is 0 Å². The van der Waals surface area contributed by atoms with Crippen LogP contribution in [0.1, 0.15) is 75.1 Å². The Morgan fingerprint density at radius 1 is 0.703 bits per heavy atom. The number of Topliss-reactive ketones (excluding diaryl/α,β-unsaturated/α-hetero) is 2. The lowest BCUT2D eigenvalue weighted by atomic mass is 10.1. The van der Waals surface area contributed by atoms with Gasteiger partial charge in [-0.15, -0.1) is 0 Å². The van der Waals surface area contributed by atoms with E-state index in [9.17, 15) is 9.59 Å². The van der Waals surface area contributed by atoms with Gasteiger partial charge in [-0.25, -0.2) is 0 Å². The first-order valence-electron chi connectivity index (χ1n) is 13.3. The first-order valence-corrected chi connectivity index (χ1v) is 13.3. The fourth-order valence-corrected chi connectivity index (χ4v) is 3.33. The van der Waals surface area contributed by atoms with Crippen LogP contribution in [-0.2, 0) is 0 Å². The minimum Gasteiger partial charge on any atom is -0.508 e. The highest BCUT2D eigenvalue weighted by Crippen LogP contribution is 2.13. The molecule has 0 bridgehead atoms. The minimum atomic E-state index is 0.0139. The van der Waals surface area contributed by atoms with Crippen LogP contribution in [0.2, 0.25) is 0 Å². The van der Waals surface area contributed by atoms with Crippen molar-refractivity contribution in [2.45, 2.75) is 54.4 Å². The molecule has 208 valence electrons. The lowest BCUT2D eigenvalue weighted by molar-refractivity contribution is 0.100. The highest BCUT2D eigenvalue weighted by molar-refractivity contribution is 5.94. The van der Waals surface area contributed by atoms with Crippen molar-refractivity contribution in [2.24, 2.45) is 0 Å². The average Bonchev–Trinajstić information content (AvgIpc) is 2.91. The molecule has 37 heavy (non-hydrogen) atoms. The number of carbonyl (C=O) groups is 2. The van der Waals surface area contributed by atoms with E-state index in [2.05, 4.69) is 37.5 Å². The predicted octanol–water partition coefficient (Wildman–Crippen LogP) is 5.31. The number of nitrogens with zero attached hydrogens (tertiary/aromatic N) is 2. The van der Waals surface area contributed by atoms with Crippen molar-refractivity contribution in [3.8, 4) is 11.5 Å². The molecule has 2 rings (SSSR count). The standard InChI is InChI=1S/C15H23NO2.C8H8O2.C7H17NO/c1-4-16(5-2)11-6-12-18-15-9-7-14(8-10-15)13(3)17;1-6(9)7-2-4-8(10)5-3-7;1-3-8(4-2)6-5-7-9/h7-10H,4-6,11-12H2,1-3H3;2-5,10H,1H3;9H,3-7H2,1-2H3. The van der Waals surface area contributed by atoms with Gasteiger partial charge in [0.05, 0.1) is 6.61 Å². The number of benzene rings is 2. The first-order chi connectivity index (χ1) is 17.7. The summed E-state index contributed by atoms with van der Waals surface area (Å²) in [7, 11) is 0. The smallest absolute Gasteiger partial charge is 0.159 e. The molecule has 2 N–H and O–H groups in total. The molecule has 0 saturated heterocycles. The molecular weight excluding hydrogens is 468 g/mol. The summed E-state index contributed by atoms with van der Waals surface area (Å²) < 4.78 is 5.64. The van der Waals surface area contributed by atoms with Crippen LogP contribution in [0.25, 0.3) is 0 Å². The number of phenolic OH excluding ortho intramolecular Hbond substituents is 1. The maximum absolute atomic E-state index is 11.1. The van der Waals surface area contributed by atoms with E-state index >= 15 is 0 Å². The number of phenols is 1. The zero-order chi connectivity index (χ0) is 28.1. The van der Waals surface area contributed by atoms with Crippen molar-refractivity contribution in [2.75, 3.05) is 52.5 Å². The molecule has 0 fully saturated rings. The van der Waals surface area contributed by atoms with Gasteiger partial charge in [-0.1, -0.05) is 27.7 Å². The summed E-state index contributed by atoms with van der Waals surface area (Å²) in [6, 6.07) is 13.5. The lowest BCUT2D eigenvalue weighted by Crippen LogP contribution is -2.25. The molecular formula is C30H48N2O5. The molecule has 2 aromatic rings. The second kappa shape index (κ2) is 21.4. The van der Waals surface area contributed by atoms with Crippen molar-refractivity contribution in [1.29, 1.82) is 0 Å². The molecule has 0 aliphatic carbocycles. The van der Waals surface area contributed by atoms with Crippen molar-refractivity contribution in [3.63, 3.8) is 0 Å². The minimum absolute atomic E-state index is 0.0139. The quantitative estimate of drug-likeness (QED) is 0.260. The predicted molar refractivity (Wildman–Crippen MR) is 152 cm³/mol. The molecule has 0 unspecified atom stereocenters. The fourth-order valence-electron chi connectivity index (χ4n) is 3.33. The molecule has 7 heteroatoms. The Hall–Kier alpha value is -2.74. The van der Waals surface area contributed by atoms with Gasteiger partial charge in [-0.05, 0) is 101 Å². The molecule has 0 atom stereocenters. The molecule has 2 aromatic carbocycles. The van der Waals surface area contributed by atoms with E-state index in [0.29, 0.717) is 12.2 Å². The highest BCUT2D eigenvalue weighted by Gasteiger charge is 2.01. The molecule has 0 radical (unpaired) electrons. The second-order valence-corrected chi connectivity index (χ2v) is 8.52. The van der Waals surface area contributed by atoms with Crippen LogP contribution in [-0.4, -0.2) is 84.1 Å². The van der Waals surface area contributed by atoms with Gasteiger partial charge in [0.15, 0.2) is 11.6 Å². The van der Waals surface area contributed by atoms with Crippen molar-refractivity contribution in [3.05, 3.63) is 59.7 Å². The van der Waals surface area contributed by atoms with E-state index in [0.717, 1.165) is 70.0 Å². The largest absolute Gasteiger partial charge is 0.508 e. The maximum atomic E-state index is 11.1. The Morgan fingerprint density at radius 3 is 1.49 bits per heavy atom. The molecule has 0 saturated carbocycles. The summed E-state index contributed by atoms with van der Waals surface area (Å²) >= 11 is 0. The number of ketones is 2. The van der Waals surface area contributed by atoms with E-state index in [4.69, 9.17) is 14.9 Å². The van der Waals surface area contributed by atoms with Crippen LogP contribution in [0.4, 0.5) is 0 Å². The van der Waals surface area contributed by atoms with Gasteiger partial charge in [0.1, 0.15) is 11.5 Å². The Morgan fingerprint density at radius 2 is 1.11 bits per heavy atom. The van der Waals surface area contributed by atoms with Crippen LogP contribution in [0.15, 0.2) is 48.5 Å². The van der Waals surface area contributed by atoms with Gasteiger partial charge in [-0.2, -0.15) is 0 Å². The third-order valence-corrected chi connectivity index (χ3v) is 5.84. The van der Waals surface area contributed by atoms with Gasteiger partial charge in [0.2, 0.25) is 0 Å². The zero-order valence-electron chi connectivity index (χ0n) is 23.7. The number of rotatable bonds is 14. The number of carbonyl (C=O) groups excluding carboxylic acids is 2. The number of aromatic hydroxyl groups is 1. The van der Waals surface area contributed by atoms with E-state index in [-0.39, 0.29) is 17.3 Å². The SMILES string of the molecule is CC(=O)c1ccc(O)cc1.CCN(CC)CCCO.CCN(CC)CCCOc1ccc(C(C)=O)cc1. The topological polar surface area (TPSA) is 90.3 Å². The molecule has 0 amide bonds. The third kappa shape index (κ3) is 16.6. The average molecular weight is 517 g/mol. The zero-order valence-corrected chi connectivity index (χ0v) is 23.7. The van der Waals surface area contributed by atoms with Crippen molar-refractivity contribution < 1.29 is 24.5 Å². The van der Waals surface area contributed by atoms with E-state index < -0.39 is 0 Å². The Labute approximate surface area is 224 Å². The summed E-state index contributed by atoms with van der Waals surface area (Å²) in [4.78, 5) is 26.5. The van der Waals surface area contributed by atoms with Gasteiger partial charge >= 0.3 is 0 Å². The van der Waals surface area contributed by atoms with Gasteiger partial charge in [0, 0.05) is 30.8 Å². The number of hydrogen-bond donors (Lipinski definition) is 2. The lowest BCUT2D eigenvalue weighted by Gasteiger charge is -2.17. The molecule has 7 nitrogen and oxygen atoms in total. The normalized spacial score (nSPS) is 10.3. The summed E-state index contributed by atoms with van der Waals surface area (Å²) in [5.41, 5.74) is 1.35. The summed E-state index contributed by atoms with van der Waals surface area (Å²) in [5, 5.41) is 17.3. The van der Waals surface area contributed by atoms with Crippen molar-refractivity contribution in [1.82, 2.24) is 9.80 Å². The second-order valence-electron chi connectivity index (χ2n) is 8.52. The Kier molecular flexibility index (Phi) is 19.8. The number of hydrogen-bond acceptors (Lipinski definition) is 7. The molecule has 0 aromatic heterocycles. The van der Waals surface area contributed by atoms with Crippen LogP contribution < -0.4 is 4.74 Å². The van der Waals surface area contributed by atoms with Crippen LogP contribution in [0, 0.1) is 0 Å². The molecule has 0 heterocycles. The van der Waals surface area contributed by atoms with Gasteiger partial charge in [-0.3, -0.25) is 9.59 Å². The summed E-state index contributed by atoms with van der Waals surface area (Å²) in [5.74, 6) is 1.12. The molecule has 0 aliphatic rings. The summed E-state index contributed by atoms with van der Waals surface area (Å²) in [6.07, 6.45) is 1.93. The van der Waals surface area contributed by atoms with E-state index in [1.807, 2.05) is 24.3 Å². The Bertz CT molecular complexity index is 845. The monoisotopic (exact) mass is 516 g/mol. The summed E-state index contributed by atoms with van der Waals surface area (Å²) in [6.45, 7) is 19.2. The fraction of sp³-hybridized carbons (Fsp3) is 0.533. The number of aliphatic hydroxyl groups excluding tert-OH is 1. The van der Waals surface area contributed by atoms with Gasteiger partial charge in [0.25, 0.3) is 0 Å². The number of aliphatic hydroxyl groups is 1. The van der Waals surface area contributed by atoms with Crippen LogP contribution >= 0.6 is 0 Å². The maximum Gasteiger partial charge on any atom is 0.159 e.